The summed E-state index contributed by atoms with van der Waals surface area (Å²) in [5, 5.41) is 2.36. The fraction of sp³-hybridized carbons (Fsp3) is 1.00. The highest BCUT2D eigenvalue weighted by Crippen LogP contribution is 2.24. The first-order chi connectivity index (χ1) is 5.02. The van der Waals surface area contributed by atoms with Gasteiger partial charge in [0.05, 0.1) is 12.7 Å². The van der Waals surface area contributed by atoms with E-state index in [4.69, 9.17) is 4.74 Å². The molecule has 1 aliphatic rings. The molecule has 0 aliphatic carbocycles. The van der Waals surface area contributed by atoms with Crippen LogP contribution < -0.4 is 5.32 Å². The van der Waals surface area contributed by atoms with Crippen LogP contribution in [0.15, 0.2) is 0 Å². The minimum atomic E-state index is -4.19. The molecule has 0 aromatic heterocycles. The van der Waals surface area contributed by atoms with Gasteiger partial charge in [-0.1, -0.05) is 0 Å². The smallest absolute Gasteiger partial charge is 0.375 e. The van der Waals surface area contributed by atoms with Gasteiger partial charge >= 0.3 is 6.18 Å². The van der Waals surface area contributed by atoms with Gasteiger partial charge in [0.15, 0.2) is 0 Å². The van der Waals surface area contributed by atoms with E-state index in [1.54, 1.807) is 0 Å². The molecule has 0 radical (unpaired) electrons. The van der Waals surface area contributed by atoms with E-state index in [2.05, 4.69) is 5.32 Å². The Hall–Kier alpha value is -0.290. The highest BCUT2D eigenvalue weighted by atomic mass is 19.4. The molecule has 2 nitrogen and oxygen atoms in total. The van der Waals surface area contributed by atoms with Crippen LogP contribution in [0.3, 0.4) is 0 Å². The monoisotopic (exact) mass is 169 g/mol. The van der Waals surface area contributed by atoms with Crippen molar-refractivity contribution in [1.82, 2.24) is 5.32 Å². The van der Waals surface area contributed by atoms with Crippen LogP contribution in [-0.2, 0) is 4.74 Å². The molecule has 0 aromatic carbocycles. The van der Waals surface area contributed by atoms with Crippen molar-refractivity contribution in [1.29, 1.82) is 0 Å². The lowest BCUT2D eigenvalue weighted by atomic mass is 10.1. The fourth-order valence-corrected chi connectivity index (χ4v) is 1.10. The third-order valence-electron chi connectivity index (χ3n) is 1.67. The van der Waals surface area contributed by atoms with Crippen LogP contribution in [0.1, 0.15) is 6.92 Å². The number of ether oxygens (including phenoxy) is 1. The van der Waals surface area contributed by atoms with Gasteiger partial charge in [-0.25, -0.2) is 0 Å². The van der Waals surface area contributed by atoms with Crippen LogP contribution in [0.4, 0.5) is 13.2 Å². The third-order valence-corrected chi connectivity index (χ3v) is 1.67. The van der Waals surface area contributed by atoms with Crippen molar-refractivity contribution in [3.8, 4) is 0 Å². The van der Waals surface area contributed by atoms with E-state index >= 15 is 0 Å². The van der Waals surface area contributed by atoms with Crippen LogP contribution in [0, 0.1) is 0 Å². The van der Waals surface area contributed by atoms with E-state index in [-0.39, 0.29) is 6.54 Å². The molecule has 1 heterocycles. The summed E-state index contributed by atoms with van der Waals surface area (Å²) in [6.45, 7) is 2.05. The molecule has 1 fully saturated rings. The first-order valence-electron chi connectivity index (χ1n) is 3.43. The van der Waals surface area contributed by atoms with E-state index in [0.29, 0.717) is 6.61 Å². The maximum absolute atomic E-state index is 12.0. The van der Waals surface area contributed by atoms with E-state index in [0.717, 1.165) is 0 Å². The Labute approximate surface area is 62.7 Å². The number of alkyl halides is 3. The van der Waals surface area contributed by atoms with Gasteiger partial charge in [-0.15, -0.1) is 0 Å². The normalized spacial score (nSPS) is 33.8. The zero-order valence-electron chi connectivity index (χ0n) is 6.11. The van der Waals surface area contributed by atoms with E-state index in [1.165, 1.54) is 6.92 Å². The Kier molecular flexibility index (Phi) is 2.39. The van der Waals surface area contributed by atoms with Gasteiger partial charge in [0, 0.05) is 6.54 Å². The Morgan fingerprint density at radius 1 is 1.45 bits per heavy atom. The van der Waals surface area contributed by atoms with E-state index < -0.39 is 18.3 Å². The summed E-state index contributed by atoms with van der Waals surface area (Å²) >= 11 is 0. The predicted molar refractivity (Wildman–Crippen MR) is 33.3 cm³/mol. The second-order valence-corrected chi connectivity index (χ2v) is 2.55. The number of rotatable bonds is 0. The molecule has 1 rings (SSSR count). The summed E-state index contributed by atoms with van der Waals surface area (Å²) in [6, 6.07) is -1.50. The van der Waals surface area contributed by atoms with Crippen molar-refractivity contribution in [2.45, 2.75) is 25.2 Å². The van der Waals surface area contributed by atoms with Crippen LogP contribution in [-0.4, -0.2) is 31.5 Å². The highest BCUT2D eigenvalue weighted by molar-refractivity contribution is 4.83. The number of morpholine rings is 1. The average Bonchev–Trinajstić information content (AvgIpc) is 1.86. The van der Waals surface area contributed by atoms with Gasteiger partial charge in [-0.05, 0) is 6.92 Å². The molecule has 5 heteroatoms. The Balaban J connectivity index is 2.55. The molecule has 0 unspecified atom stereocenters. The standard InChI is InChI=1S/C6H10F3NO/c1-4-5(6(7,8)9)10-2-3-11-4/h4-5,10H,2-3H2,1H3/t4-,5-/m1/s1. The number of nitrogens with one attached hydrogen (secondary N) is 1. The van der Waals surface area contributed by atoms with Crippen molar-refractivity contribution in [3.05, 3.63) is 0 Å². The van der Waals surface area contributed by atoms with E-state index in [9.17, 15) is 13.2 Å². The Bertz CT molecular complexity index is 136. The predicted octanol–water partition coefficient (Wildman–Crippen LogP) is 0.926. The van der Waals surface area contributed by atoms with Crippen molar-refractivity contribution >= 4 is 0 Å². The van der Waals surface area contributed by atoms with Gasteiger partial charge in [0.25, 0.3) is 0 Å². The summed E-state index contributed by atoms with van der Waals surface area (Å²) in [6.07, 6.45) is -4.97. The molecule has 1 aliphatic heterocycles. The van der Waals surface area contributed by atoms with Crippen LogP contribution in [0.5, 0.6) is 0 Å². The molecule has 0 amide bonds. The minimum Gasteiger partial charge on any atom is -0.375 e. The van der Waals surface area contributed by atoms with Gasteiger partial charge in [-0.2, -0.15) is 13.2 Å². The number of hydrogen-bond donors (Lipinski definition) is 1. The molecule has 66 valence electrons. The van der Waals surface area contributed by atoms with Gasteiger partial charge in [0.1, 0.15) is 6.04 Å². The summed E-state index contributed by atoms with van der Waals surface area (Å²) < 4.78 is 41.0. The van der Waals surface area contributed by atoms with Crippen LogP contribution >= 0.6 is 0 Å². The average molecular weight is 169 g/mol. The Morgan fingerprint density at radius 3 is 2.45 bits per heavy atom. The molecular weight excluding hydrogens is 159 g/mol. The lowest BCUT2D eigenvalue weighted by Crippen LogP contribution is -2.55. The van der Waals surface area contributed by atoms with Crippen molar-refractivity contribution in [2.24, 2.45) is 0 Å². The molecule has 0 aromatic rings. The molecular formula is C6H10F3NO. The highest BCUT2D eigenvalue weighted by Gasteiger charge is 2.44. The van der Waals surface area contributed by atoms with Gasteiger partial charge < -0.3 is 10.1 Å². The molecule has 2 atom stereocenters. The number of halogens is 3. The van der Waals surface area contributed by atoms with Crippen LogP contribution in [0.25, 0.3) is 0 Å². The maximum Gasteiger partial charge on any atom is 0.406 e. The van der Waals surface area contributed by atoms with Crippen LogP contribution in [0.2, 0.25) is 0 Å². The quantitative estimate of drug-likeness (QED) is 0.582. The maximum atomic E-state index is 12.0. The van der Waals surface area contributed by atoms with Gasteiger partial charge in [0.2, 0.25) is 0 Å². The zero-order valence-corrected chi connectivity index (χ0v) is 6.11. The molecule has 11 heavy (non-hydrogen) atoms. The SMILES string of the molecule is C[C@H]1OCCN[C@H]1C(F)(F)F. The minimum absolute atomic E-state index is 0.272. The van der Waals surface area contributed by atoms with Crippen molar-refractivity contribution in [2.75, 3.05) is 13.2 Å². The third kappa shape index (κ3) is 2.07. The summed E-state index contributed by atoms with van der Waals surface area (Å²) in [4.78, 5) is 0. The molecule has 0 bridgehead atoms. The molecule has 0 saturated carbocycles. The summed E-state index contributed by atoms with van der Waals surface area (Å²) in [5.74, 6) is 0. The van der Waals surface area contributed by atoms with Gasteiger partial charge in [-0.3, -0.25) is 0 Å². The summed E-state index contributed by atoms with van der Waals surface area (Å²) in [5.41, 5.74) is 0. The molecule has 1 N–H and O–H groups in total. The molecule has 0 spiro atoms. The lowest BCUT2D eigenvalue weighted by molar-refractivity contribution is -0.192. The second-order valence-electron chi connectivity index (χ2n) is 2.55. The topological polar surface area (TPSA) is 21.3 Å². The summed E-state index contributed by atoms with van der Waals surface area (Å²) in [7, 11) is 0. The number of hydrogen-bond acceptors (Lipinski definition) is 2. The largest absolute Gasteiger partial charge is 0.406 e. The van der Waals surface area contributed by atoms with Crippen molar-refractivity contribution < 1.29 is 17.9 Å². The lowest BCUT2D eigenvalue weighted by Gasteiger charge is -2.31. The van der Waals surface area contributed by atoms with E-state index in [1.807, 2.05) is 0 Å². The Morgan fingerprint density at radius 2 is 2.09 bits per heavy atom. The first kappa shape index (κ1) is 8.80. The second kappa shape index (κ2) is 2.98. The first-order valence-corrected chi connectivity index (χ1v) is 3.43. The zero-order chi connectivity index (χ0) is 8.48. The fourth-order valence-electron chi connectivity index (χ4n) is 1.10. The molecule has 1 saturated heterocycles. The van der Waals surface area contributed by atoms with Crippen molar-refractivity contribution in [3.63, 3.8) is 0 Å².